The van der Waals surface area contributed by atoms with Crippen molar-refractivity contribution >= 4 is 37.8 Å². The van der Waals surface area contributed by atoms with Gasteiger partial charge in [-0.25, -0.2) is 0 Å². The Kier molecular flexibility index (Phi) is 2.55. The molecule has 1 aliphatic carbocycles. The maximum atomic E-state index is 11.4. The highest BCUT2D eigenvalue weighted by molar-refractivity contribution is 9.10. The van der Waals surface area contributed by atoms with Crippen LogP contribution in [0, 0.1) is 0 Å². The molecule has 0 saturated heterocycles. The molecule has 0 aromatic heterocycles. The SMILES string of the molecule is COS(=O)(=O)N=C1Nc2ccc(Br)cc2C12CC2. The summed E-state index contributed by atoms with van der Waals surface area (Å²) in [6, 6.07) is 5.84. The first-order chi connectivity index (χ1) is 8.47. The molecule has 7 heteroatoms. The summed E-state index contributed by atoms with van der Waals surface area (Å²) in [6.07, 6.45) is 1.81. The van der Waals surface area contributed by atoms with Crippen molar-refractivity contribution in [3.05, 3.63) is 28.2 Å². The molecule has 1 aliphatic heterocycles. The molecule has 1 aromatic rings. The van der Waals surface area contributed by atoms with Crippen molar-refractivity contribution in [1.29, 1.82) is 0 Å². The Labute approximate surface area is 114 Å². The van der Waals surface area contributed by atoms with E-state index in [1.165, 1.54) is 0 Å². The van der Waals surface area contributed by atoms with Crippen LogP contribution in [0.15, 0.2) is 27.1 Å². The van der Waals surface area contributed by atoms with E-state index in [1.54, 1.807) is 0 Å². The van der Waals surface area contributed by atoms with Crippen LogP contribution in [-0.4, -0.2) is 21.4 Å². The standard InChI is InChI=1S/C11H11BrN2O3S/c1-17-18(15,16)14-10-11(4-5-11)8-6-7(12)2-3-9(8)13-10/h2-3,6H,4-5H2,1H3,(H,13,14). The van der Waals surface area contributed by atoms with Gasteiger partial charge in [-0.1, -0.05) is 15.9 Å². The van der Waals surface area contributed by atoms with Crippen LogP contribution in [0.3, 0.4) is 0 Å². The fourth-order valence-corrected chi connectivity index (χ4v) is 3.17. The predicted octanol–water partition coefficient (Wildman–Crippen LogP) is 2.20. The number of amidine groups is 1. The lowest BCUT2D eigenvalue weighted by Gasteiger charge is -2.07. The summed E-state index contributed by atoms with van der Waals surface area (Å²) in [5.74, 6) is 0.470. The lowest BCUT2D eigenvalue weighted by Crippen LogP contribution is -2.21. The van der Waals surface area contributed by atoms with E-state index in [9.17, 15) is 8.42 Å². The summed E-state index contributed by atoms with van der Waals surface area (Å²) in [7, 11) is -2.74. The number of benzene rings is 1. The number of hydrogen-bond acceptors (Lipinski definition) is 3. The minimum atomic E-state index is -3.85. The van der Waals surface area contributed by atoms with Crippen LogP contribution in [-0.2, 0) is 19.9 Å². The molecule has 1 spiro atoms. The maximum Gasteiger partial charge on any atom is 0.382 e. The van der Waals surface area contributed by atoms with Crippen LogP contribution in [0.2, 0.25) is 0 Å². The number of fused-ring (bicyclic) bond motifs is 2. The highest BCUT2D eigenvalue weighted by Gasteiger charge is 2.55. The number of halogens is 1. The number of nitrogens with zero attached hydrogens (tertiary/aromatic N) is 1. The second-order valence-electron chi connectivity index (χ2n) is 4.43. The van der Waals surface area contributed by atoms with E-state index < -0.39 is 10.3 Å². The Balaban J connectivity index is 2.10. The lowest BCUT2D eigenvalue weighted by atomic mass is 9.98. The van der Waals surface area contributed by atoms with Gasteiger partial charge in [0.2, 0.25) is 0 Å². The first kappa shape index (κ1) is 12.1. The van der Waals surface area contributed by atoms with Crippen LogP contribution in [0.25, 0.3) is 0 Å². The van der Waals surface area contributed by atoms with Crippen LogP contribution in [0.5, 0.6) is 0 Å². The van der Waals surface area contributed by atoms with Gasteiger partial charge in [0.1, 0.15) is 5.84 Å². The third kappa shape index (κ3) is 1.77. The van der Waals surface area contributed by atoms with Crippen molar-refractivity contribution in [2.45, 2.75) is 18.3 Å². The second-order valence-corrected chi connectivity index (χ2v) is 6.72. The molecule has 2 aliphatic rings. The Morgan fingerprint density at radius 1 is 1.44 bits per heavy atom. The number of nitrogens with one attached hydrogen (secondary N) is 1. The molecular weight excluding hydrogens is 320 g/mol. The monoisotopic (exact) mass is 330 g/mol. The minimum absolute atomic E-state index is 0.259. The normalized spacial score (nSPS) is 22.0. The molecule has 1 saturated carbocycles. The lowest BCUT2D eigenvalue weighted by molar-refractivity contribution is 0.399. The molecular formula is C11H11BrN2O3S. The van der Waals surface area contributed by atoms with Crippen molar-refractivity contribution in [3.8, 4) is 0 Å². The van der Waals surface area contributed by atoms with E-state index in [2.05, 4.69) is 29.8 Å². The van der Waals surface area contributed by atoms with Crippen LogP contribution in [0.4, 0.5) is 5.69 Å². The zero-order valence-electron chi connectivity index (χ0n) is 9.60. The zero-order chi connectivity index (χ0) is 13.0. The van der Waals surface area contributed by atoms with Gasteiger partial charge in [-0.05, 0) is 36.6 Å². The molecule has 3 rings (SSSR count). The first-order valence-electron chi connectivity index (χ1n) is 5.45. The molecule has 0 atom stereocenters. The summed E-state index contributed by atoms with van der Waals surface area (Å²) in [4.78, 5) is 0. The van der Waals surface area contributed by atoms with Gasteiger partial charge in [0.05, 0.1) is 12.5 Å². The molecule has 5 nitrogen and oxygen atoms in total. The number of anilines is 1. The third-order valence-electron chi connectivity index (χ3n) is 3.37. The Hall–Kier alpha value is -0.920. The molecule has 0 amide bonds. The molecule has 1 aromatic carbocycles. The minimum Gasteiger partial charge on any atom is -0.342 e. The van der Waals surface area contributed by atoms with Gasteiger partial charge in [0.15, 0.2) is 0 Å². The van der Waals surface area contributed by atoms with Gasteiger partial charge < -0.3 is 5.32 Å². The molecule has 1 heterocycles. The van der Waals surface area contributed by atoms with Crippen molar-refractivity contribution < 1.29 is 12.6 Å². The zero-order valence-corrected chi connectivity index (χ0v) is 12.0. The average molecular weight is 331 g/mol. The summed E-state index contributed by atoms with van der Waals surface area (Å²) in [5, 5.41) is 3.07. The van der Waals surface area contributed by atoms with E-state index in [-0.39, 0.29) is 5.41 Å². The summed E-state index contributed by atoms with van der Waals surface area (Å²) in [6.45, 7) is 0. The molecule has 18 heavy (non-hydrogen) atoms. The van der Waals surface area contributed by atoms with Crippen LogP contribution in [0.1, 0.15) is 18.4 Å². The molecule has 0 unspecified atom stereocenters. The van der Waals surface area contributed by atoms with E-state index in [0.29, 0.717) is 5.84 Å². The fourth-order valence-electron chi connectivity index (χ4n) is 2.29. The van der Waals surface area contributed by atoms with Gasteiger partial charge in [0.25, 0.3) is 0 Å². The van der Waals surface area contributed by atoms with E-state index in [0.717, 1.165) is 35.7 Å². The van der Waals surface area contributed by atoms with Gasteiger partial charge in [-0.15, -0.1) is 4.40 Å². The van der Waals surface area contributed by atoms with Crippen LogP contribution >= 0.6 is 15.9 Å². The maximum absolute atomic E-state index is 11.4. The van der Waals surface area contributed by atoms with Gasteiger partial charge in [-0.3, -0.25) is 4.18 Å². The molecule has 1 fully saturated rings. The molecule has 1 N–H and O–H groups in total. The highest BCUT2D eigenvalue weighted by atomic mass is 79.9. The van der Waals surface area contributed by atoms with Crippen molar-refractivity contribution in [2.24, 2.45) is 4.40 Å². The second kappa shape index (κ2) is 3.79. The van der Waals surface area contributed by atoms with Crippen molar-refractivity contribution in [1.82, 2.24) is 0 Å². The topological polar surface area (TPSA) is 67.8 Å². The highest BCUT2D eigenvalue weighted by Crippen LogP contribution is 2.56. The van der Waals surface area contributed by atoms with E-state index >= 15 is 0 Å². The molecule has 0 radical (unpaired) electrons. The fraction of sp³-hybridized carbons (Fsp3) is 0.364. The third-order valence-corrected chi connectivity index (χ3v) is 4.69. The van der Waals surface area contributed by atoms with Crippen LogP contribution < -0.4 is 5.32 Å². The van der Waals surface area contributed by atoms with Gasteiger partial charge in [0, 0.05) is 10.2 Å². The Morgan fingerprint density at radius 3 is 2.78 bits per heavy atom. The Bertz CT molecular complexity index is 650. The summed E-state index contributed by atoms with van der Waals surface area (Å²) < 4.78 is 31.9. The predicted molar refractivity (Wildman–Crippen MR) is 72.0 cm³/mol. The van der Waals surface area contributed by atoms with Gasteiger partial charge >= 0.3 is 10.3 Å². The Morgan fingerprint density at radius 2 is 2.17 bits per heavy atom. The molecule has 96 valence electrons. The quantitative estimate of drug-likeness (QED) is 0.902. The number of hydrogen-bond donors (Lipinski definition) is 1. The first-order valence-corrected chi connectivity index (χ1v) is 7.61. The summed E-state index contributed by atoms with van der Waals surface area (Å²) >= 11 is 3.43. The van der Waals surface area contributed by atoms with E-state index in [1.807, 2.05) is 18.2 Å². The molecule has 0 bridgehead atoms. The number of rotatable bonds is 2. The van der Waals surface area contributed by atoms with Crippen molar-refractivity contribution in [3.63, 3.8) is 0 Å². The summed E-state index contributed by atoms with van der Waals surface area (Å²) in [5.41, 5.74) is 1.76. The largest absolute Gasteiger partial charge is 0.382 e. The average Bonchev–Trinajstić information content (AvgIpc) is 3.06. The smallest absolute Gasteiger partial charge is 0.342 e. The van der Waals surface area contributed by atoms with Gasteiger partial charge in [-0.2, -0.15) is 8.42 Å². The van der Waals surface area contributed by atoms with E-state index in [4.69, 9.17) is 0 Å². The van der Waals surface area contributed by atoms with Crippen molar-refractivity contribution in [2.75, 3.05) is 12.4 Å².